The smallest absolute Gasteiger partial charge is 0.243 e. The number of carbonyl (C=O) groups excluding carboxylic acids is 1. The fourth-order valence-electron chi connectivity index (χ4n) is 3.51. The number of methoxy groups -OCH3 is 2. The molecule has 1 aliphatic rings. The SMILES string of the molecule is COc1nc(-c2ccc(Cl)c(OC)c2F)nc2c1N(C(C)C)C(=C=O)CN2C(C)C. The maximum absolute atomic E-state index is 15.1. The van der Waals surface area contributed by atoms with Gasteiger partial charge in [-0.2, -0.15) is 4.98 Å². The first-order valence-electron chi connectivity index (χ1n) is 9.53. The van der Waals surface area contributed by atoms with Gasteiger partial charge >= 0.3 is 0 Å². The molecule has 0 saturated heterocycles. The number of anilines is 2. The lowest BCUT2D eigenvalue weighted by Gasteiger charge is -2.42. The Bertz CT molecular complexity index is 1020. The van der Waals surface area contributed by atoms with E-state index in [0.717, 1.165) is 0 Å². The van der Waals surface area contributed by atoms with Crippen LogP contribution in [0.5, 0.6) is 11.6 Å². The number of hydrogen-bond acceptors (Lipinski definition) is 7. The van der Waals surface area contributed by atoms with Crippen molar-refractivity contribution < 1.29 is 18.7 Å². The molecule has 3 rings (SSSR count). The second-order valence-electron chi connectivity index (χ2n) is 7.41. The van der Waals surface area contributed by atoms with E-state index >= 15 is 4.39 Å². The van der Waals surface area contributed by atoms with Crippen molar-refractivity contribution >= 4 is 29.0 Å². The van der Waals surface area contributed by atoms with Crippen LogP contribution in [0.3, 0.4) is 0 Å². The first-order valence-corrected chi connectivity index (χ1v) is 9.91. The Labute approximate surface area is 180 Å². The Hall–Kier alpha value is -2.83. The van der Waals surface area contributed by atoms with Gasteiger partial charge in [0, 0.05) is 12.1 Å². The van der Waals surface area contributed by atoms with Crippen molar-refractivity contribution in [3.05, 3.63) is 28.7 Å². The Morgan fingerprint density at radius 2 is 1.83 bits per heavy atom. The maximum atomic E-state index is 15.1. The van der Waals surface area contributed by atoms with Crippen LogP contribution in [-0.2, 0) is 4.79 Å². The molecular formula is C21H24ClFN4O3. The van der Waals surface area contributed by atoms with Gasteiger partial charge in [0.2, 0.25) is 5.88 Å². The van der Waals surface area contributed by atoms with Crippen LogP contribution in [-0.4, -0.2) is 48.8 Å². The molecule has 1 aliphatic heterocycles. The van der Waals surface area contributed by atoms with E-state index in [4.69, 9.17) is 21.1 Å². The zero-order valence-electron chi connectivity index (χ0n) is 17.8. The van der Waals surface area contributed by atoms with E-state index in [9.17, 15) is 4.79 Å². The molecule has 160 valence electrons. The van der Waals surface area contributed by atoms with Crippen molar-refractivity contribution in [3.8, 4) is 23.0 Å². The van der Waals surface area contributed by atoms with Gasteiger partial charge in [-0.15, -0.1) is 0 Å². The predicted molar refractivity (Wildman–Crippen MR) is 115 cm³/mol. The van der Waals surface area contributed by atoms with Gasteiger partial charge in [-0.3, -0.25) is 0 Å². The number of halogens is 2. The average molecular weight is 435 g/mol. The summed E-state index contributed by atoms with van der Waals surface area (Å²) in [6, 6.07) is 2.98. The molecule has 2 heterocycles. The molecule has 30 heavy (non-hydrogen) atoms. The van der Waals surface area contributed by atoms with Gasteiger partial charge in [-0.05, 0) is 39.8 Å². The number of hydrogen-bond donors (Lipinski definition) is 0. The normalized spacial score (nSPS) is 13.6. The molecule has 0 amide bonds. The minimum atomic E-state index is -0.659. The molecule has 0 radical (unpaired) electrons. The van der Waals surface area contributed by atoms with E-state index in [0.29, 0.717) is 23.7 Å². The Kier molecular flexibility index (Phi) is 6.19. The molecule has 0 fully saturated rings. The summed E-state index contributed by atoms with van der Waals surface area (Å²) in [6.07, 6.45) is 0. The van der Waals surface area contributed by atoms with Gasteiger partial charge in [-0.1, -0.05) is 11.6 Å². The number of rotatable bonds is 5. The highest BCUT2D eigenvalue weighted by Crippen LogP contribution is 2.45. The van der Waals surface area contributed by atoms with Crippen LogP contribution in [0, 0.1) is 5.82 Å². The quantitative estimate of drug-likeness (QED) is 0.656. The molecule has 0 N–H and O–H groups in total. The molecule has 0 spiro atoms. The van der Waals surface area contributed by atoms with E-state index < -0.39 is 5.82 Å². The monoisotopic (exact) mass is 434 g/mol. The number of nitrogens with zero attached hydrogens (tertiary/aromatic N) is 4. The largest absolute Gasteiger partial charge is 0.492 e. The average Bonchev–Trinajstić information content (AvgIpc) is 2.71. The topological polar surface area (TPSA) is 67.8 Å². The number of fused-ring (bicyclic) bond motifs is 1. The van der Waals surface area contributed by atoms with Crippen LogP contribution in [0.1, 0.15) is 27.7 Å². The molecule has 1 aromatic carbocycles. The third-order valence-electron chi connectivity index (χ3n) is 4.90. The number of aromatic nitrogens is 2. The van der Waals surface area contributed by atoms with Crippen LogP contribution >= 0.6 is 11.6 Å². The van der Waals surface area contributed by atoms with Crippen molar-refractivity contribution in [1.82, 2.24) is 9.97 Å². The molecule has 9 heteroatoms. The highest BCUT2D eigenvalue weighted by atomic mass is 35.5. The standard InChI is InChI=1S/C21H24ClFN4O3/c1-11(2)26-9-13(10-28)27(12(3)4)17-20(26)24-19(25-21(17)30-6)14-7-8-15(22)18(29-5)16(14)23/h7-8,11-12H,9H2,1-6H3. The molecule has 0 unspecified atom stereocenters. The molecule has 1 aromatic heterocycles. The van der Waals surface area contributed by atoms with E-state index in [2.05, 4.69) is 9.97 Å². The van der Waals surface area contributed by atoms with Crippen molar-refractivity contribution in [1.29, 1.82) is 0 Å². The molecule has 0 aliphatic carbocycles. The Morgan fingerprint density at radius 1 is 1.13 bits per heavy atom. The van der Waals surface area contributed by atoms with E-state index in [-0.39, 0.29) is 40.1 Å². The zero-order valence-corrected chi connectivity index (χ0v) is 18.5. The lowest BCUT2D eigenvalue weighted by Crippen LogP contribution is -2.46. The van der Waals surface area contributed by atoms with Gasteiger partial charge in [0.05, 0.1) is 31.4 Å². The fourth-order valence-corrected chi connectivity index (χ4v) is 3.74. The van der Waals surface area contributed by atoms with Crippen molar-refractivity contribution in [3.63, 3.8) is 0 Å². The third kappa shape index (κ3) is 3.57. The Balaban J connectivity index is 2.33. The second kappa shape index (κ2) is 8.50. The highest BCUT2D eigenvalue weighted by Gasteiger charge is 2.36. The summed E-state index contributed by atoms with van der Waals surface area (Å²) in [4.78, 5) is 24.6. The van der Waals surface area contributed by atoms with E-state index in [1.54, 1.807) is 0 Å². The van der Waals surface area contributed by atoms with Crippen LogP contribution in [0.15, 0.2) is 17.8 Å². The minimum Gasteiger partial charge on any atom is -0.492 e. The molecule has 2 aromatic rings. The zero-order chi connectivity index (χ0) is 22.2. The highest BCUT2D eigenvalue weighted by molar-refractivity contribution is 6.32. The van der Waals surface area contributed by atoms with Crippen LogP contribution in [0.4, 0.5) is 15.9 Å². The van der Waals surface area contributed by atoms with Crippen molar-refractivity contribution in [2.45, 2.75) is 39.8 Å². The molecule has 0 saturated carbocycles. The summed E-state index contributed by atoms with van der Waals surface area (Å²) >= 11 is 6.03. The molecule has 0 atom stereocenters. The number of benzene rings is 1. The lowest BCUT2D eigenvalue weighted by atomic mass is 10.1. The molecule has 0 bridgehead atoms. The van der Waals surface area contributed by atoms with Gasteiger partial charge in [0.1, 0.15) is 17.3 Å². The van der Waals surface area contributed by atoms with Crippen molar-refractivity contribution in [2.75, 3.05) is 30.6 Å². The summed E-state index contributed by atoms with van der Waals surface area (Å²) in [6.45, 7) is 8.18. The van der Waals surface area contributed by atoms with Gasteiger partial charge < -0.3 is 19.3 Å². The van der Waals surface area contributed by atoms with Gasteiger partial charge in [0.15, 0.2) is 23.2 Å². The van der Waals surface area contributed by atoms with E-state index in [1.807, 2.05) is 43.4 Å². The summed E-state index contributed by atoms with van der Waals surface area (Å²) in [5.41, 5.74) is 1.14. The van der Waals surface area contributed by atoms with E-state index in [1.165, 1.54) is 26.4 Å². The van der Waals surface area contributed by atoms with Crippen LogP contribution in [0.25, 0.3) is 11.4 Å². The van der Waals surface area contributed by atoms with Crippen LogP contribution in [0.2, 0.25) is 5.02 Å². The van der Waals surface area contributed by atoms with Crippen LogP contribution < -0.4 is 19.3 Å². The lowest BCUT2D eigenvalue weighted by molar-refractivity contribution is 0.386. The third-order valence-corrected chi connectivity index (χ3v) is 5.20. The first-order chi connectivity index (χ1) is 14.2. The first kappa shape index (κ1) is 21.9. The summed E-state index contributed by atoms with van der Waals surface area (Å²) in [5.74, 6) is 2.21. The van der Waals surface area contributed by atoms with Gasteiger partial charge in [-0.25, -0.2) is 14.2 Å². The molecule has 7 nitrogen and oxygen atoms in total. The number of ether oxygens (including phenoxy) is 2. The summed E-state index contributed by atoms with van der Waals surface area (Å²) in [5, 5.41) is 0.152. The minimum absolute atomic E-state index is 0.0125. The van der Waals surface area contributed by atoms with Gasteiger partial charge in [0.25, 0.3) is 0 Å². The predicted octanol–water partition coefficient (Wildman–Crippen LogP) is 4.11. The summed E-state index contributed by atoms with van der Waals surface area (Å²) in [7, 11) is 2.82. The Morgan fingerprint density at radius 3 is 2.37 bits per heavy atom. The fraction of sp³-hybridized carbons (Fsp3) is 0.429. The second-order valence-corrected chi connectivity index (χ2v) is 7.81. The molecular weight excluding hydrogens is 411 g/mol. The maximum Gasteiger partial charge on any atom is 0.243 e. The van der Waals surface area contributed by atoms with Crippen molar-refractivity contribution in [2.24, 2.45) is 0 Å². The summed E-state index contributed by atoms with van der Waals surface area (Å²) < 4.78 is 25.7.